The first-order chi connectivity index (χ1) is 9.02. The smallest absolute Gasteiger partial charge is 0.161 e. The molecule has 4 nitrogen and oxygen atoms in total. The third-order valence-electron chi connectivity index (χ3n) is 2.37. The van der Waals surface area contributed by atoms with Gasteiger partial charge < -0.3 is 9.84 Å². The van der Waals surface area contributed by atoms with Crippen molar-refractivity contribution in [3.63, 3.8) is 0 Å². The molecule has 0 radical (unpaired) electrons. The van der Waals surface area contributed by atoms with Crippen LogP contribution in [0, 0.1) is 3.57 Å². The highest BCUT2D eigenvalue weighted by atomic mass is 127. The molecule has 0 spiro atoms. The summed E-state index contributed by atoms with van der Waals surface area (Å²) in [6, 6.07) is 4.76. The van der Waals surface area contributed by atoms with Crippen molar-refractivity contribution in [2.24, 2.45) is 0 Å². The largest absolute Gasteiger partial charge is 0.506 e. The molecular weight excluding hydrogens is 402 g/mol. The number of phenolic OH excluding ortho intramolecular Hbond substituents is 1. The summed E-state index contributed by atoms with van der Waals surface area (Å²) in [6.45, 7) is 0.347. The average Bonchev–Trinajstić information content (AvgIpc) is 2.38. The second-order valence-corrected chi connectivity index (χ2v) is 5.54. The lowest BCUT2D eigenvalue weighted by molar-refractivity contribution is 0.181. The monoisotopic (exact) mass is 410 g/mol. The molecule has 2 rings (SSSR count). The highest BCUT2D eigenvalue weighted by Crippen LogP contribution is 2.29. The van der Waals surface area contributed by atoms with Crippen molar-refractivity contribution >= 4 is 45.8 Å². The molecule has 1 N–H and O–H groups in total. The van der Waals surface area contributed by atoms with Crippen LogP contribution in [0.15, 0.2) is 18.2 Å². The van der Waals surface area contributed by atoms with E-state index in [-0.39, 0.29) is 10.8 Å². The van der Waals surface area contributed by atoms with E-state index < -0.39 is 0 Å². The van der Waals surface area contributed by atoms with Crippen molar-refractivity contribution in [2.75, 3.05) is 7.11 Å². The lowest BCUT2D eigenvalue weighted by Crippen LogP contribution is -2.02. The Balaban J connectivity index is 2.52. The van der Waals surface area contributed by atoms with Gasteiger partial charge in [0.05, 0.1) is 20.9 Å². The number of hydrogen-bond acceptors (Lipinski definition) is 4. The summed E-state index contributed by atoms with van der Waals surface area (Å²) in [7, 11) is 1.59. The SMILES string of the molecule is COCc1nc(-c2ccc(O)c(Cl)c2)nc(Cl)c1I. The zero-order valence-corrected chi connectivity index (χ0v) is 13.5. The van der Waals surface area contributed by atoms with Gasteiger partial charge in [-0.05, 0) is 40.8 Å². The number of phenols is 1. The van der Waals surface area contributed by atoms with Crippen LogP contribution < -0.4 is 0 Å². The predicted molar refractivity (Wildman–Crippen MR) is 82.6 cm³/mol. The second-order valence-electron chi connectivity index (χ2n) is 3.70. The van der Waals surface area contributed by atoms with Crippen LogP contribution in [0.5, 0.6) is 5.75 Å². The Morgan fingerprint density at radius 1 is 1.32 bits per heavy atom. The van der Waals surface area contributed by atoms with Gasteiger partial charge in [0.15, 0.2) is 5.82 Å². The molecule has 100 valence electrons. The molecule has 0 atom stereocenters. The van der Waals surface area contributed by atoms with Crippen molar-refractivity contribution in [3.05, 3.63) is 37.6 Å². The second kappa shape index (κ2) is 6.21. The Labute approximate surface area is 133 Å². The first-order valence-corrected chi connectivity index (χ1v) is 7.06. The molecule has 0 aliphatic rings. The number of benzene rings is 1. The first-order valence-electron chi connectivity index (χ1n) is 5.22. The van der Waals surface area contributed by atoms with Gasteiger partial charge in [0, 0.05) is 12.7 Å². The van der Waals surface area contributed by atoms with Crippen molar-refractivity contribution in [1.29, 1.82) is 0 Å². The summed E-state index contributed by atoms with van der Waals surface area (Å²) in [4.78, 5) is 8.60. The van der Waals surface area contributed by atoms with Gasteiger partial charge in [0.2, 0.25) is 0 Å². The molecule has 0 amide bonds. The van der Waals surface area contributed by atoms with Crippen LogP contribution in [0.2, 0.25) is 10.2 Å². The first kappa shape index (κ1) is 14.8. The van der Waals surface area contributed by atoms with Crippen molar-refractivity contribution in [1.82, 2.24) is 9.97 Å². The molecule has 1 heterocycles. The number of rotatable bonds is 3. The van der Waals surface area contributed by atoms with Gasteiger partial charge in [-0.15, -0.1) is 0 Å². The highest BCUT2D eigenvalue weighted by Gasteiger charge is 2.13. The van der Waals surface area contributed by atoms with Crippen LogP contribution in [0.4, 0.5) is 0 Å². The normalized spacial score (nSPS) is 10.7. The minimum atomic E-state index is 0.0131. The molecule has 0 fully saturated rings. The molecule has 0 aliphatic heterocycles. The van der Waals surface area contributed by atoms with Crippen LogP contribution in [-0.2, 0) is 11.3 Å². The van der Waals surface area contributed by atoms with Gasteiger partial charge in [-0.3, -0.25) is 0 Å². The van der Waals surface area contributed by atoms with E-state index >= 15 is 0 Å². The Bertz CT molecular complexity index is 623. The van der Waals surface area contributed by atoms with Crippen LogP contribution in [0.25, 0.3) is 11.4 Å². The third kappa shape index (κ3) is 3.28. The fraction of sp³-hybridized carbons (Fsp3) is 0.167. The summed E-state index contributed by atoms with van der Waals surface area (Å²) in [5.74, 6) is 0.457. The zero-order valence-electron chi connectivity index (χ0n) is 9.82. The molecule has 0 unspecified atom stereocenters. The number of methoxy groups -OCH3 is 1. The summed E-state index contributed by atoms with van der Waals surface area (Å²) in [5.41, 5.74) is 1.39. The lowest BCUT2D eigenvalue weighted by Gasteiger charge is -2.08. The molecule has 1 aromatic carbocycles. The van der Waals surface area contributed by atoms with Crippen LogP contribution in [0.3, 0.4) is 0 Å². The molecule has 0 bridgehead atoms. The van der Waals surface area contributed by atoms with E-state index in [1.54, 1.807) is 19.2 Å². The van der Waals surface area contributed by atoms with Crippen molar-refractivity contribution in [2.45, 2.75) is 6.61 Å². The van der Waals surface area contributed by atoms with E-state index in [1.807, 2.05) is 0 Å². The number of halogens is 3. The maximum absolute atomic E-state index is 9.41. The van der Waals surface area contributed by atoms with E-state index in [4.69, 9.17) is 27.9 Å². The van der Waals surface area contributed by atoms with Crippen molar-refractivity contribution in [3.8, 4) is 17.1 Å². The summed E-state index contributed by atoms with van der Waals surface area (Å²) in [5, 5.41) is 10.0. The van der Waals surface area contributed by atoms with E-state index in [0.717, 1.165) is 3.57 Å². The third-order valence-corrected chi connectivity index (χ3v) is 4.39. The minimum absolute atomic E-state index is 0.0131. The maximum Gasteiger partial charge on any atom is 0.161 e. The van der Waals surface area contributed by atoms with Gasteiger partial charge in [0.1, 0.15) is 10.9 Å². The van der Waals surface area contributed by atoms with Gasteiger partial charge in [-0.25, -0.2) is 9.97 Å². The number of nitrogens with zero attached hydrogens (tertiary/aromatic N) is 2. The van der Waals surface area contributed by atoms with Gasteiger partial charge in [-0.2, -0.15) is 0 Å². The molecule has 19 heavy (non-hydrogen) atoms. The Morgan fingerprint density at radius 3 is 2.68 bits per heavy atom. The molecule has 2 aromatic rings. The predicted octanol–water partition coefficient (Wildman–Crippen LogP) is 3.91. The fourth-order valence-electron chi connectivity index (χ4n) is 1.47. The average molecular weight is 411 g/mol. The Kier molecular flexibility index (Phi) is 4.83. The highest BCUT2D eigenvalue weighted by molar-refractivity contribution is 14.1. The van der Waals surface area contributed by atoms with E-state index in [1.165, 1.54) is 6.07 Å². The van der Waals surface area contributed by atoms with Crippen LogP contribution in [0.1, 0.15) is 5.69 Å². The quantitative estimate of drug-likeness (QED) is 0.615. The van der Waals surface area contributed by atoms with Gasteiger partial charge >= 0.3 is 0 Å². The van der Waals surface area contributed by atoms with Gasteiger partial charge in [0.25, 0.3) is 0 Å². The number of ether oxygens (including phenoxy) is 1. The summed E-state index contributed by atoms with van der Waals surface area (Å²) in [6.07, 6.45) is 0. The molecule has 7 heteroatoms. The standard InChI is InChI=1S/C12H9Cl2IN2O2/c1-19-5-8-10(15)11(14)17-12(16-8)6-2-3-9(18)7(13)4-6/h2-4,18H,5H2,1H3. The molecule has 0 aliphatic carbocycles. The van der Waals surface area contributed by atoms with Gasteiger partial charge in [-0.1, -0.05) is 23.2 Å². The molecular formula is C12H9Cl2IN2O2. The topological polar surface area (TPSA) is 55.2 Å². The van der Waals surface area contributed by atoms with Crippen LogP contribution in [-0.4, -0.2) is 22.2 Å². The number of aromatic hydroxyl groups is 1. The van der Waals surface area contributed by atoms with Crippen LogP contribution >= 0.6 is 45.8 Å². The maximum atomic E-state index is 9.41. The van der Waals surface area contributed by atoms with E-state index in [9.17, 15) is 5.11 Å². The Morgan fingerprint density at radius 2 is 2.05 bits per heavy atom. The molecule has 1 aromatic heterocycles. The summed E-state index contributed by atoms with van der Waals surface area (Å²) >= 11 is 14.0. The number of aromatic nitrogens is 2. The molecule has 0 saturated heterocycles. The molecule has 0 saturated carbocycles. The minimum Gasteiger partial charge on any atom is -0.506 e. The summed E-state index contributed by atoms with van der Waals surface area (Å²) < 4.78 is 5.84. The Hall–Kier alpha value is -0.630. The fourth-order valence-corrected chi connectivity index (χ4v) is 2.24. The van der Waals surface area contributed by atoms with Crippen molar-refractivity contribution < 1.29 is 9.84 Å². The zero-order chi connectivity index (χ0) is 14.0. The number of hydrogen-bond donors (Lipinski definition) is 1. The van der Waals surface area contributed by atoms with E-state index in [0.29, 0.717) is 28.8 Å². The lowest BCUT2D eigenvalue weighted by atomic mass is 10.2. The van der Waals surface area contributed by atoms with E-state index in [2.05, 4.69) is 32.6 Å².